The summed E-state index contributed by atoms with van der Waals surface area (Å²) in [6, 6.07) is 11.0. The Labute approximate surface area is 227 Å². The van der Waals surface area contributed by atoms with Crippen molar-refractivity contribution in [1.29, 1.82) is 0 Å². The summed E-state index contributed by atoms with van der Waals surface area (Å²) in [7, 11) is -7.61. The maximum atomic E-state index is 8.49. The van der Waals surface area contributed by atoms with Crippen LogP contribution >= 0.6 is 0 Å². The Hall–Kier alpha value is -0.201. The van der Waals surface area contributed by atoms with Gasteiger partial charge in [0, 0.05) is 45.8 Å². The molecule has 2 unspecified atom stereocenters. The molecule has 0 aliphatic carbocycles. The van der Waals surface area contributed by atoms with Crippen LogP contribution in [0.4, 0.5) is 0 Å². The van der Waals surface area contributed by atoms with Crippen LogP contribution in [0.1, 0.15) is 18.4 Å². The molecule has 36 heavy (non-hydrogen) atoms. The molecule has 215 valence electrons. The number of benzene rings is 1. The summed E-state index contributed by atoms with van der Waals surface area (Å²) in [6.45, 7) is 13.4. The second-order valence-electron chi connectivity index (χ2n) is 8.21. The largest absolute Gasteiger partial charge is 2.00 e. The Morgan fingerprint density at radius 1 is 0.611 bits per heavy atom. The maximum Gasteiger partial charge on any atom is 2.00 e. The van der Waals surface area contributed by atoms with Crippen LogP contribution in [-0.4, -0.2) is 92.1 Å². The topological polar surface area (TPSA) is 230 Å². The Morgan fingerprint density at radius 3 is 1.53 bits per heavy atom. The van der Waals surface area contributed by atoms with E-state index in [2.05, 4.69) is 57.0 Å². The number of hydrogen-bond donors (Lipinski definition) is 0. The van der Waals surface area contributed by atoms with E-state index in [0.717, 1.165) is 6.54 Å². The van der Waals surface area contributed by atoms with Crippen molar-refractivity contribution in [2.45, 2.75) is 19.4 Å². The Kier molecular flexibility index (Phi) is 20.9. The SMILES string of the molecule is CN1CCCN2CCN(CCCN(Cc3ccccc3)CC2)CC1.[Cu+2].[O-][Cl+3]([O-])([O-])[O-].[O-][Cl+3]([O-])([O-])[O-].[OH3+]. The van der Waals surface area contributed by atoms with Crippen molar-refractivity contribution < 1.29 is 80.3 Å². The van der Waals surface area contributed by atoms with Crippen LogP contribution < -0.4 is 37.3 Å². The normalized spacial score (nSPS) is 22.4. The Balaban J connectivity index is 0. The average molecular weight is 612 g/mol. The van der Waals surface area contributed by atoms with Crippen LogP contribution in [0.25, 0.3) is 0 Å². The van der Waals surface area contributed by atoms with Gasteiger partial charge in [0.15, 0.2) is 0 Å². The van der Waals surface area contributed by atoms with Gasteiger partial charge in [-0.3, -0.25) is 4.90 Å². The Bertz CT molecular complexity index is 636. The number of rotatable bonds is 2. The summed E-state index contributed by atoms with van der Waals surface area (Å²) in [5, 5.41) is 0. The molecule has 13 nitrogen and oxygen atoms in total. The summed E-state index contributed by atoms with van der Waals surface area (Å²) in [6.07, 6.45) is 2.59. The van der Waals surface area contributed by atoms with Gasteiger partial charge < -0.3 is 20.2 Å². The monoisotopic (exact) mass is 610 g/mol. The van der Waals surface area contributed by atoms with Crippen LogP contribution in [-0.2, 0) is 29.1 Å². The average Bonchev–Trinajstić information content (AvgIpc) is 2.71. The summed E-state index contributed by atoms with van der Waals surface area (Å²) in [5.74, 6) is 0. The molecule has 16 heteroatoms. The van der Waals surface area contributed by atoms with Gasteiger partial charge in [0.1, 0.15) is 0 Å². The van der Waals surface area contributed by atoms with Crippen LogP contribution in [0.2, 0.25) is 0 Å². The predicted molar refractivity (Wildman–Crippen MR) is 106 cm³/mol. The van der Waals surface area contributed by atoms with E-state index in [4.69, 9.17) is 37.3 Å². The van der Waals surface area contributed by atoms with Crippen molar-refractivity contribution >= 4 is 0 Å². The van der Waals surface area contributed by atoms with Gasteiger partial charge in [-0.15, -0.1) is 20.5 Å². The van der Waals surface area contributed by atoms with Crippen molar-refractivity contribution in [3.05, 3.63) is 35.9 Å². The van der Waals surface area contributed by atoms with Gasteiger partial charge in [0.25, 0.3) is 0 Å². The predicted octanol–water partition coefficient (Wildman–Crippen LogP) is -8.60. The van der Waals surface area contributed by atoms with Gasteiger partial charge in [-0.1, -0.05) is 30.3 Å². The van der Waals surface area contributed by atoms with E-state index in [-0.39, 0.29) is 22.5 Å². The van der Waals surface area contributed by atoms with Crippen LogP contribution in [0.3, 0.4) is 0 Å². The van der Waals surface area contributed by atoms with Crippen LogP contribution in [0.15, 0.2) is 30.3 Å². The quantitative estimate of drug-likeness (QED) is 0.224. The molecule has 0 aromatic heterocycles. The van der Waals surface area contributed by atoms with E-state index in [0.29, 0.717) is 0 Å². The number of likely N-dealkylation sites (N-methyl/N-ethyl adjacent to an activating group) is 1. The minimum Gasteiger partial charge on any atom is -0.457 e. The second kappa shape index (κ2) is 19.8. The molecule has 1 radical (unpaired) electrons. The van der Waals surface area contributed by atoms with Crippen molar-refractivity contribution in [3.63, 3.8) is 0 Å². The molecule has 2 bridgehead atoms. The maximum absolute atomic E-state index is 8.49. The Morgan fingerprint density at radius 2 is 1.03 bits per heavy atom. The van der Waals surface area contributed by atoms with Crippen molar-refractivity contribution in [2.24, 2.45) is 0 Å². The zero-order valence-corrected chi connectivity index (χ0v) is 22.7. The fourth-order valence-electron chi connectivity index (χ4n) is 3.85. The fraction of sp³-hybridized carbons (Fsp3) is 0.700. The molecule has 2 saturated heterocycles. The minimum absolute atomic E-state index is 0. The molecular formula is C20H37Cl2CuN4O9+. The van der Waals surface area contributed by atoms with Crippen molar-refractivity contribution in [3.8, 4) is 0 Å². The van der Waals surface area contributed by atoms with Gasteiger partial charge in [-0.2, -0.15) is 0 Å². The van der Waals surface area contributed by atoms with E-state index in [1.165, 1.54) is 83.9 Å². The zero-order valence-electron chi connectivity index (χ0n) is 20.3. The molecule has 0 amide bonds. The first-order chi connectivity index (χ1) is 15.8. The summed E-state index contributed by atoms with van der Waals surface area (Å²) < 4.78 is 67.9. The summed E-state index contributed by atoms with van der Waals surface area (Å²) >= 11 is 0. The first kappa shape index (κ1) is 37.9. The third kappa shape index (κ3) is 24.2. The molecule has 1 aromatic rings. The van der Waals surface area contributed by atoms with E-state index in [1.807, 2.05) is 0 Å². The fourth-order valence-corrected chi connectivity index (χ4v) is 3.85. The van der Waals surface area contributed by atoms with Crippen LogP contribution in [0, 0.1) is 20.5 Å². The molecule has 2 aliphatic rings. The first-order valence-electron chi connectivity index (χ1n) is 10.9. The number of halogens is 2. The standard InChI is InChI=1S/C20H34N4.2ClHO4.Cu.H2O/c1-21-9-5-10-23-16-15-22(14-13-21)11-6-12-24(18-17-23)19-20-7-3-2-4-8-20;2*2-1(3,4)5;;/h2-4,7-8H,5-6,9-19H2,1H3;2*(H,2,3,4,5);;1H2/q;;;+2;/p-1. The third-order valence-corrected chi connectivity index (χ3v) is 5.47. The molecule has 2 fully saturated rings. The minimum atomic E-state index is -4.94. The van der Waals surface area contributed by atoms with E-state index >= 15 is 0 Å². The molecule has 2 heterocycles. The number of nitrogens with zero attached hydrogens (tertiary/aromatic N) is 4. The van der Waals surface area contributed by atoms with Crippen molar-refractivity contribution in [2.75, 3.05) is 72.5 Å². The van der Waals surface area contributed by atoms with E-state index in [9.17, 15) is 0 Å². The zero-order chi connectivity index (χ0) is 25.6. The third-order valence-electron chi connectivity index (χ3n) is 5.47. The summed E-state index contributed by atoms with van der Waals surface area (Å²) in [5.41, 5.74) is 1.45. The van der Waals surface area contributed by atoms with Gasteiger partial charge in [0.2, 0.25) is 0 Å². The second-order valence-corrected chi connectivity index (χ2v) is 9.72. The number of fused-ring (bicyclic) bond motifs is 3. The molecule has 0 spiro atoms. The van der Waals surface area contributed by atoms with E-state index < -0.39 is 20.5 Å². The molecule has 1 aromatic carbocycles. The molecule has 2 aliphatic heterocycles. The molecular weight excluding hydrogens is 575 g/mol. The number of hydrogen-bond acceptors (Lipinski definition) is 12. The van der Waals surface area contributed by atoms with Crippen molar-refractivity contribution in [1.82, 2.24) is 19.6 Å². The first-order valence-corrected chi connectivity index (χ1v) is 13.4. The molecule has 2 atom stereocenters. The molecule has 0 saturated carbocycles. The van der Waals surface area contributed by atoms with Gasteiger partial charge in [0.05, 0.1) is 0 Å². The summed E-state index contributed by atoms with van der Waals surface area (Å²) in [4.78, 5) is 10.5. The van der Waals surface area contributed by atoms with Gasteiger partial charge >= 0.3 is 17.1 Å². The molecule has 3 rings (SSSR count). The van der Waals surface area contributed by atoms with Gasteiger partial charge in [-0.25, -0.2) is 37.3 Å². The smallest absolute Gasteiger partial charge is 0.457 e. The molecule has 3 N–H and O–H groups in total. The van der Waals surface area contributed by atoms with Crippen LogP contribution in [0.5, 0.6) is 0 Å². The van der Waals surface area contributed by atoms with Gasteiger partial charge in [-0.05, 0) is 51.6 Å². The van der Waals surface area contributed by atoms with E-state index in [1.54, 1.807) is 0 Å².